The van der Waals surface area contributed by atoms with Gasteiger partial charge in [-0.2, -0.15) is 0 Å². The molecular formula is C17H22ClN5O2S. The fraction of sp³-hybridized carbons (Fsp3) is 0.471. The number of halogens is 1. The fourth-order valence-corrected chi connectivity index (χ4v) is 3.60. The lowest BCUT2D eigenvalue weighted by Crippen LogP contribution is -2.38. The van der Waals surface area contributed by atoms with Gasteiger partial charge in [-0.25, -0.2) is 0 Å². The van der Waals surface area contributed by atoms with Crippen LogP contribution in [0.1, 0.15) is 12.5 Å². The van der Waals surface area contributed by atoms with Crippen LogP contribution in [0.2, 0.25) is 5.02 Å². The molecular weight excluding hydrogens is 374 g/mol. The van der Waals surface area contributed by atoms with Crippen LogP contribution in [0.25, 0.3) is 0 Å². The van der Waals surface area contributed by atoms with Crippen LogP contribution in [0.3, 0.4) is 0 Å². The Kier molecular flexibility index (Phi) is 6.76. The molecule has 1 N–H and O–H groups in total. The first kappa shape index (κ1) is 19.0. The Labute approximate surface area is 162 Å². The van der Waals surface area contributed by atoms with E-state index in [1.165, 1.54) is 11.8 Å². The molecule has 1 amide bonds. The van der Waals surface area contributed by atoms with Gasteiger partial charge in [0.2, 0.25) is 11.9 Å². The van der Waals surface area contributed by atoms with Gasteiger partial charge in [-0.1, -0.05) is 35.5 Å². The van der Waals surface area contributed by atoms with Gasteiger partial charge in [0.1, 0.15) is 0 Å². The smallest absolute Gasteiger partial charge is 0.230 e. The van der Waals surface area contributed by atoms with E-state index in [2.05, 4.69) is 27.3 Å². The molecule has 0 saturated carbocycles. The molecule has 7 nitrogen and oxygen atoms in total. The molecule has 1 aromatic heterocycles. The molecule has 0 radical (unpaired) electrons. The summed E-state index contributed by atoms with van der Waals surface area (Å²) in [5.74, 6) is 1.11. The maximum absolute atomic E-state index is 12.1. The first-order valence-electron chi connectivity index (χ1n) is 8.57. The molecule has 0 bridgehead atoms. The third kappa shape index (κ3) is 4.90. The Hall–Kier alpha value is -1.77. The van der Waals surface area contributed by atoms with Crippen molar-refractivity contribution in [1.82, 2.24) is 20.1 Å². The van der Waals surface area contributed by atoms with Crippen molar-refractivity contribution in [3.8, 4) is 0 Å². The quantitative estimate of drug-likeness (QED) is 0.724. The Morgan fingerprint density at radius 3 is 2.69 bits per heavy atom. The summed E-state index contributed by atoms with van der Waals surface area (Å²) < 4.78 is 7.43. The summed E-state index contributed by atoms with van der Waals surface area (Å²) in [6, 6.07) is 7.43. The number of hydrogen-bond acceptors (Lipinski definition) is 6. The number of thioether (sulfide) groups is 1. The molecule has 1 aliphatic heterocycles. The van der Waals surface area contributed by atoms with Crippen LogP contribution in [0.4, 0.5) is 5.95 Å². The maximum Gasteiger partial charge on any atom is 0.230 e. The third-order valence-electron chi connectivity index (χ3n) is 4.04. The summed E-state index contributed by atoms with van der Waals surface area (Å²) in [5.41, 5.74) is 1.01. The van der Waals surface area contributed by atoms with Crippen molar-refractivity contribution in [2.75, 3.05) is 37.0 Å². The van der Waals surface area contributed by atoms with Crippen LogP contribution >= 0.6 is 23.4 Å². The molecule has 0 aliphatic carbocycles. The minimum absolute atomic E-state index is 0.0384. The van der Waals surface area contributed by atoms with E-state index in [-0.39, 0.29) is 5.91 Å². The van der Waals surface area contributed by atoms with Crippen LogP contribution in [-0.4, -0.2) is 52.7 Å². The molecule has 0 spiro atoms. The number of ether oxygens (including phenoxy) is 1. The second-order valence-electron chi connectivity index (χ2n) is 5.82. The molecule has 1 aliphatic rings. The van der Waals surface area contributed by atoms with Gasteiger partial charge in [0.05, 0.1) is 19.0 Å². The van der Waals surface area contributed by atoms with Crippen molar-refractivity contribution < 1.29 is 9.53 Å². The molecule has 2 aromatic rings. The minimum atomic E-state index is -0.0384. The second kappa shape index (κ2) is 9.25. The molecule has 1 aromatic carbocycles. The van der Waals surface area contributed by atoms with Crippen LogP contribution < -0.4 is 10.2 Å². The molecule has 9 heteroatoms. The van der Waals surface area contributed by atoms with Gasteiger partial charge >= 0.3 is 0 Å². The Morgan fingerprint density at radius 1 is 1.27 bits per heavy atom. The van der Waals surface area contributed by atoms with Gasteiger partial charge in [-0.15, -0.1) is 10.2 Å². The van der Waals surface area contributed by atoms with Crippen molar-refractivity contribution >= 4 is 35.2 Å². The highest BCUT2D eigenvalue weighted by Crippen LogP contribution is 2.22. The first-order valence-corrected chi connectivity index (χ1v) is 9.93. The summed E-state index contributed by atoms with van der Waals surface area (Å²) >= 11 is 7.26. The Balaban J connectivity index is 1.52. The molecule has 0 unspecified atom stereocenters. The fourth-order valence-electron chi connectivity index (χ4n) is 2.65. The number of aromatic nitrogens is 3. The number of benzene rings is 1. The van der Waals surface area contributed by atoms with Crippen LogP contribution in [0, 0.1) is 0 Å². The van der Waals surface area contributed by atoms with E-state index in [0.717, 1.165) is 36.3 Å². The lowest BCUT2D eigenvalue weighted by molar-refractivity contribution is -0.118. The summed E-state index contributed by atoms with van der Waals surface area (Å²) in [6.45, 7) is 6.31. The van der Waals surface area contributed by atoms with Gasteiger partial charge in [0, 0.05) is 31.2 Å². The monoisotopic (exact) mass is 395 g/mol. The average molecular weight is 396 g/mol. The van der Waals surface area contributed by atoms with Crippen molar-refractivity contribution in [1.29, 1.82) is 0 Å². The van der Waals surface area contributed by atoms with E-state index in [1.54, 1.807) is 0 Å². The van der Waals surface area contributed by atoms with Gasteiger partial charge in [0.15, 0.2) is 5.16 Å². The molecule has 26 heavy (non-hydrogen) atoms. The SMILES string of the molecule is CCn1c(SCC(=O)NCc2ccc(Cl)cc2)nnc1N1CCOCC1. The van der Waals surface area contributed by atoms with E-state index < -0.39 is 0 Å². The summed E-state index contributed by atoms with van der Waals surface area (Å²) in [4.78, 5) is 14.3. The molecule has 0 atom stereocenters. The molecule has 3 rings (SSSR count). The topological polar surface area (TPSA) is 72.3 Å². The lowest BCUT2D eigenvalue weighted by atomic mass is 10.2. The minimum Gasteiger partial charge on any atom is -0.378 e. The zero-order valence-corrected chi connectivity index (χ0v) is 16.2. The van der Waals surface area contributed by atoms with E-state index in [4.69, 9.17) is 16.3 Å². The van der Waals surface area contributed by atoms with E-state index in [9.17, 15) is 4.79 Å². The number of anilines is 1. The Bertz CT molecular complexity index is 731. The highest BCUT2D eigenvalue weighted by molar-refractivity contribution is 7.99. The first-order chi connectivity index (χ1) is 12.7. The van der Waals surface area contributed by atoms with Gasteiger partial charge in [-0.05, 0) is 24.6 Å². The number of nitrogens with zero attached hydrogens (tertiary/aromatic N) is 4. The lowest BCUT2D eigenvalue weighted by Gasteiger charge is -2.27. The normalized spacial score (nSPS) is 14.5. The second-order valence-corrected chi connectivity index (χ2v) is 7.20. The van der Waals surface area contributed by atoms with Crippen molar-refractivity contribution in [3.63, 3.8) is 0 Å². The third-order valence-corrected chi connectivity index (χ3v) is 5.26. The van der Waals surface area contributed by atoms with Gasteiger partial charge in [-0.3, -0.25) is 9.36 Å². The van der Waals surface area contributed by atoms with Gasteiger partial charge < -0.3 is 15.0 Å². The summed E-state index contributed by atoms with van der Waals surface area (Å²) in [7, 11) is 0. The van der Waals surface area contributed by atoms with E-state index >= 15 is 0 Å². The number of carbonyl (C=O) groups is 1. The van der Waals surface area contributed by atoms with E-state index in [0.29, 0.717) is 30.5 Å². The highest BCUT2D eigenvalue weighted by atomic mass is 35.5. The number of rotatable bonds is 7. The maximum atomic E-state index is 12.1. The highest BCUT2D eigenvalue weighted by Gasteiger charge is 2.20. The number of amides is 1. The van der Waals surface area contributed by atoms with E-state index in [1.807, 2.05) is 28.8 Å². The molecule has 1 saturated heterocycles. The summed E-state index contributed by atoms with van der Waals surface area (Å²) in [6.07, 6.45) is 0. The number of morpholine rings is 1. The summed E-state index contributed by atoms with van der Waals surface area (Å²) in [5, 5.41) is 12.9. The number of hydrogen-bond donors (Lipinski definition) is 1. The number of carbonyl (C=O) groups excluding carboxylic acids is 1. The van der Waals surface area contributed by atoms with Crippen LogP contribution in [0.15, 0.2) is 29.4 Å². The molecule has 1 fully saturated rings. The zero-order valence-electron chi connectivity index (χ0n) is 14.7. The molecule has 140 valence electrons. The Morgan fingerprint density at radius 2 is 2.00 bits per heavy atom. The van der Waals surface area contributed by atoms with Crippen LogP contribution in [0.5, 0.6) is 0 Å². The standard InChI is InChI=1S/C17H22ClN5O2S/c1-2-23-16(22-7-9-25-10-8-22)20-21-17(23)26-12-15(24)19-11-13-3-5-14(18)6-4-13/h3-6H,2,7-12H2,1H3,(H,19,24). The van der Waals surface area contributed by atoms with Crippen LogP contribution in [-0.2, 0) is 22.6 Å². The van der Waals surface area contributed by atoms with Gasteiger partial charge in [0.25, 0.3) is 0 Å². The number of nitrogens with one attached hydrogen (secondary N) is 1. The predicted molar refractivity (Wildman–Crippen MR) is 103 cm³/mol. The van der Waals surface area contributed by atoms with Crippen molar-refractivity contribution in [3.05, 3.63) is 34.9 Å². The van der Waals surface area contributed by atoms with Crippen molar-refractivity contribution in [2.45, 2.75) is 25.2 Å². The van der Waals surface area contributed by atoms with Crippen molar-refractivity contribution in [2.24, 2.45) is 0 Å². The predicted octanol–water partition coefficient (Wildman–Crippen LogP) is 2.20. The molecule has 2 heterocycles. The average Bonchev–Trinajstić information content (AvgIpc) is 3.09. The largest absolute Gasteiger partial charge is 0.378 e. The zero-order chi connectivity index (χ0) is 18.4.